The molecular weight excluding hydrogens is 941 g/mol. The summed E-state index contributed by atoms with van der Waals surface area (Å²) in [5.74, 6) is 20.3. The number of hydrogen-bond acceptors (Lipinski definition) is 2. The number of nitrogens with zero attached hydrogens (tertiary/aromatic N) is 2. The van der Waals surface area contributed by atoms with Crippen molar-refractivity contribution in [2.24, 2.45) is 137 Å². The van der Waals surface area contributed by atoms with E-state index in [1.807, 2.05) is 39.3 Å². The quantitative estimate of drug-likeness (QED) is 0.171. The molecule has 4 rings (SSSR count). The Balaban J connectivity index is -0.000000156. The molecule has 392 valence electrons. The molecule has 4 aliphatic rings. The predicted molar refractivity (Wildman–Crippen MR) is 290 cm³/mol. The molecule has 0 amide bonds. The molecule has 4 aliphatic carbocycles. The second kappa shape index (κ2) is 35.1. The largest absolute Gasteiger partial charge is 0.358 e. The van der Waals surface area contributed by atoms with Crippen LogP contribution in [0.15, 0.2) is 6.99 Å². The molecule has 0 radical (unpaired) electrons. The second-order valence-electron chi connectivity index (χ2n) is 24.3. The van der Waals surface area contributed by atoms with Gasteiger partial charge in [-0.2, -0.15) is 0 Å². The van der Waals surface area contributed by atoms with E-state index in [-0.39, 0.29) is 40.8 Å². The fourth-order valence-electron chi connectivity index (χ4n) is 11.7. The molecule has 4 saturated carbocycles. The maximum Gasteiger partial charge on any atom is -0.358 e. The average molecular weight is 1070 g/mol. The molecule has 0 heterocycles. The van der Waals surface area contributed by atoms with Gasteiger partial charge in [-0.15, -0.1) is 0 Å². The molecule has 0 aromatic rings. The third-order valence-electron chi connectivity index (χ3n) is 20.2. The van der Waals surface area contributed by atoms with E-state index in [1.54, 1.807) is 0 Å². The summed E-state index contributed by atoms with van der Waals surface area (Å²) in [5.41, 5.74) is 0.429. The summed E-state index contributed by atoms with van der Waals surface area (Å²) < 4.78 is 8.71. The normalized spacial score (nSPS) is 39.6. The Hall–Kier alpha value is 0.977. The summed E-state index contributed by atoms with van der Waals surface area (Å²) in [5, 5.41) is 0. The summed E-state index contributed by atoms with van der Waals surface area (Å²) in [6.45, 7) is 65.8. The van der Waals surface area contributed by atoms with Crippen molar-refractivity contribution in [2.45, 2.75) is 231 Å². The smallest absolute Gasteiger partial charge is 0.358 e. The van der Waals surface area contributed by atoms with Crippen LogP contribution in [0.5, 0.6) is 0 Å². The van der Waals surface area contributed by atoms with Crippen molar-refractivity contribution in [1.29, 1.82) is 0 Å². The first-order chi connectivity index (χ1) is 27.3. The van der Waals surface area contributed by atoms with Crippen LogP contribution >= 0.6 is 0 Å². The second-order valence-corrected chi connectivity index (χ2v) is 25.2. The Morgan fingerprint density at radius 1 is 0.344 bits per heavy atom. The van der Waals surface area contributed by atoms with Crippen LogP contribution in [0.3, 0.4) is 0 Å². The van der Waals surface area contributed by atoms with Gasteiger partial charge < -0.3 is 29.7 Å². The molecule has 2 nitrogen and oxygen atoms in total. The molecule has 2 unspecified atom stereocenters. The summed E-state index contributed by atoms with van der Waals surface area (Å²) in [6.07, 6.45) is 4.84. The Morgan fingerprint density at radius 3 is 0.594 bits per heavy atom. The topological polar surface area (TPSA) is 24.7 Å². The standard InChI is InChI=1S/4C10H20.2C8H17N.4CH3.2Mo/c4*1-6-7(2)9(4)10(5)8(6)3;1-5-7(2)6-8(3,4)9;1-5-8(4,9)6-7(2)3;;;;;;/h4*6-10H,1-5H3;2*7H,5-6H2,1-4H3;4*1H3;;/q;;;;;;4*-1;;. The minimum absolute atomic E-state index is 0. The molecule has 2 atom stereocenters. The van der Waals surface area contributed by atoms with Gasteiger partial charge in [-0.3, -0.25) is 0 Å². The van der Waals surface area contributed by atoms with Gasteiger partial charge in [0.25, 0.3) is 0 Å². The molecular formula is C60H126Mo2N2-4. The minimum Gasteiger partial charge on any atom is -0.358 e. The number of hydrogen-bond donors (Lipinski definition) is 0. The SMILES string of the molecule is CC1C(C)C(C)C(C)C1C.CC1C(C)C(C)C(C)C1C.CC1C(C)C(C)C(C)C1C.CC1C(C)C(C)C(C)C1C.CCC(C)(CC(C)C)[N]=[Mo].CCC(C)CC(C)(C)[N]=[Mo].[CH3-].[CH3-].[CH3-].[CH3-]. The van der Waals surface area contributed by atoms with Gasteiger partial charge in [-0.25, -0.2) is 0 Å². The van der Waals surface area contributed by atoms with E-state index in [0.29, 0.717) is 0 Å². The van der Waals surface area contributed by atoms with Gasteiger partial charge in [0.15, 0.2) is 0 Å². The molecule has 0 aliphatic heterocycles. The minimum atomic E-state index is 0. The Labute approximate surface area is 433 Å². The van der Waals surface area contributed by atoms with E-state index in [2.05, 4.69) is 201 Å². The van der Waals surface area contributed by atoms with E-state index < -0.39 is 0 Å². The summed E-state index contributed by atoms with van der Waals surface area (Å²) in [7, 11) is 0. The van der Waals surface area contributed by atoms with Crippen molar-refractivity contribution in [1.82, 2.24) is 0 Å². The zero-order valence-electron chi connectivity index (χ0n) is 50.2. The van der Waals surface area contributed by atoms with Crippen LogP contribution in [-0.2, 0) is 39.3 Å². The Morgan fingerprint density at radius 2 is 0.516 bits per heavy atom. The molecule has 0 N–H and O–H groups in total. The van der Waals surface area contributed by atoms with E-state index in [1.165, 1.54) is 19.3 Å². The van der Waals surface area contributed by atoms with Crippen LogP contribution in [-0.4, -0.2) is 11.1 Å². The summed E-state index contributed by atoms with van der Waals surface area (Å²) in [6, 6.07) is 0. The van der Waals surface area contributed by atoms with Crippen LogP contribution in [0.4, 0.5) is 0 Å². The monoisotopic (exact) mass is 1070 g/mol. The van der Waals surface area contributed by atoms with Gasteiger partial charge in [0.2, 0.25) is 0 Å². The Bertz CT molecular complexity index is 853. The first kappa shape index (κ1) is 76.5. The molecule has 0 saturated heterocycles. The van der Waals surface area contributed by atoms with Gasteiger partial charge in [0, 0.05) is 0 Å². The summed E-state index contributed by atoms with van der Waals surface area (Å²) >= 11 is 3.69. The van der Waals surface area contributed by atoms with Gasteiger partial charge >= 0.3 is 150 Å². The fourth-order valence-corrected chi connectivity index (χ4v) is 12.4. The molecule has 0 aromatic carbocycles. The van der Waals surface area contributed by atoms with Crippen LogP contribution in [0, 0.1) is 160 Å². The molecule has 0 bridgehead atoms. The van der Waals surface area contributed by atoms with Crippen LogP contribution in [0.25, 0.3) is 0 Å². The maximum atomic E-state index is 4.39. The van der Waals surface area contributed by atoms with E-state index in [0.717, 1.165) is 137 Å². The summed E-state index contributed by atoms with van der Waals surface area (Å²) in [4.78, 5) is 0. The molecule has 4 heteroatoms. The van der Waals surface area contributed by atoms with Crippen LogP contribution < -0.4 is 0 Å². The Kier molecular flexibility index (Phi) is 42.0. The van der Waals surface area contributed by atoms with Crippen molar-refractivity contribution in [2.75, 3.05) is 0 Å². The van der Waals surface area contributed by atoms with E-state index >= 15 is 0 Å². The van der Waals surface area contributed by atoms with Crippen molar-refractivity contribution >= 4 is 0 Å². The third-order valence-corrected chi connectivity index (χ3v) is 22.5. The maximum absolute atomic E-state index is 4.39. The van der Waals surface area contributed by atoms with Gasteiger partial charge in [-0.05, 0) is 118 Å². The molecule has 0 spiro atoms. The first-order valence-corrected chi connectivity index (χ1v) is 27.8. The average Bonchev–Trinajstić information content (AvgIpc) is 3.65. The molecule has 64 heavy (non-hydrogen) atoms. The van der Waals surface area contributed by atoms with Crippen LogP contribution in [0.1, 0.15) is 220 Å². The zero-order chi connectivity index (χ0) is 47.9. The van der Waals surface area contributed by atoms with Gasteiger partial charge in [0.1, 0.15) is 0 Å². The van der Waals surface area contributed by atoms with E-state index in [4.69, 9.17) is 0 Å². The number of rotatable bonds is 8. The van der Waals surface area contributed by atoms with E-state index in [9.17, 15) is 0 Å². The van der Waals surface area contributed by atoms with Crippen LogP contribution in [0.2, 0.25) is 0 Å². The first-order valence-electron chi connectivity index (χ1n) is 26.0. The van der Waals surface area contributed by atoms with Gasteiger partial charge in [0.05, 0.1) is 0 Å². The van der Waals surface area contributed by atoms with Crippen molar-refractivity contribution < 1.29 is 39.3 Å². The molecule has 0 aromatic heterocycles. The predicted octanol–water partition coefficient (Wildman–Crippen LogP) is 20.4. The zero-order valence-corrected chi connectivity index (χ0v) is 54.3. The van der Waals surface area contributed by atoms with Crippen molar-refractivity contribution in [3.05, 3.63) is 29.7 Å². The van der Waals surface area contributed by atoms with Crippen molar-refractivity contribution in [3.8, 4) is 0 Å². The molecule has 4 fully saturated rings. The van der Waals surface area contributed by atoms with Crippen molar-refractivity contribution in [3.63, 3.8) is 0 Å². The third kappa shape index (κ3) is 23.3. The fraction of sp³-hybridized carbons (Fsp3) is 0.933. The van der Waals surface area contributed by atoms with Gasteiger partial charge in [-0.1, -0.05) is 138 Å².